The topological polar surface area (TPSA) is 77.2 Å². The van der Waals surface area contributed by atoms with Crippen molar-refractivity contribution in [2.75, 3.05) is 18.1 Å². The van der Waals surface area contributed by atoms with Crippen molar-refractivity contribution in [2.24, 2.45) is 0 Å². The first-order chi connectivity index (χ1) is 11.7. The molecule has 0 saturated heterocycles. The van der Waals surface area contributed by atoms with Crippen molar-refractivity contribution in [1.82, 2.24) is 10.3 Å². The van der Waals surface area contributed by atoms with Gasteiger partial charge < -0.3 is 9.84 Å². The summed E-state index contributed by atoms with van der Waals surface area (Å²) in [6.45, 7) is 4.13. The van der Waals surface area contributed by atoms with E-state index in [1.807, 2.05) is 62.4 Å². The van der Waals surface area contributed by atoms with Gasteiger partial charge in [-0.25, -0.2) is 4.63 Å². The zero-order valence-corrected chi connectivity index (χ0v) is 14.6. The van der Waals surface area contributed by atoms with Crippen LogP contribution in [0.2, 0.25) is 0 Å². The Bertz CT molecular complexity index is 850. The fourth-order valence-corrected chi connectivity index (χ4v) is 4.78. The Morgan fingerprint density at radius 2 is 1.92 bits per heavy atom. The van der Waals surface area contributed by atoms with Crippen LogP contribution in [0.25, 0.3) is 11.0 Å². The molecule has 2 aromatic carbocycles. The molecule has 6 nitrogen and oxygen atoms in total. The van der Waals surface area contributed by atoms with Crippen LogP contribution in [0.1, 0.15) is 25.2 Å². The van der Waals surface area contributed by atoms with E-state index in [2.05, 4.69) is 15.6 Å². The lowest BCUT2D eigenvalue weighted by Crippen LogP contribution is -2.15. The van der Waals surface area contributed by atoms with Gasteiger partial charge in [0.25, 0.3) is 0 Å². The Labute approximate surface area is 140 Å². The second kappa shape index (κ2) is 7.16. The van der Waals surface area contributed by atoms with E-state index in [0.717, 1.165) is 11.3 Å². The van der Waals surface area contributed by atoms with Gasteiger partial charge in [0, 0.05) is 6.16 Å². The molecule has 0 saturated carbocycles. The van der Waals surface area contributed by atoms with E-state index in [1.54, 1.807) is 0 Å². The number of fused-ring (bicyclic) bond motifs is 1. The van der Waals surface area contributed by atoms with Crippen LogP contribution in [0.4, 0.5) is 5.69 Å². The Hall–Kier alpha value is -2.17. The van der Waals surface area contributed by atoms with Gasteiger partial charge in [0.1, 0.15) is 11.3 Å². The summed E-state index contributed by atoms with van der Waals surface area (Å²) in [6.07, 6.45) is 0.431. The van der Waals surface area contributed by atoms with Crippen molar-refractivity contribution < 1.29 is 13.7 Å². The third kappa shape index (κ3) is 3.21. The molecule has 2 atom stereocenters. The molecule has 3 aromatic rings. The molecule has 1 aromatic heterocycles. The van der Waals surface area contributed by atoms with Crippen LogP contribution in [0.3, 0.4) is 0 Å². The minimum atomic E-state index is -2.95. The number of anilines is 1. The van der Waals surface area contributed by atoms with Gasteiger partial charge in [0.15, 0.2) is 5.52 Å². The van der Waals surface area contributed by atoms with Crippen LogP contribution in [0.5, 0.6) is 0 Å². The molecule has 2 unspecified atom stereocenters. The maximum absolute atomic E-state index is 13.4. The molecule has 3 rings (SSSR count). The summed E-state index contributed by atoms with van der Waals surface area (Å²) in [5.41, 5.74) is 2.88. The minimum Gasteiger partial charge on any atom is -0.368 e. The molecule has 0 bridgehead atoms. The summed E-state index contributed by atoms with van der Waals surface area (Å²) in [5.74, 6) is -0.467. The van der Waals surface area contributed by atoms with Crippen LogP contribution in [0, 0.1) is 0 Å². The average Bonchev–Trinajstić information content (AvgIpc) is 3.10. The number of aromatic nitrogens is 2. The third-order valence-corrected chi connectivity index (χ3v) is 6.67. The smallest absolute Gasteiger partial charge is 0.228 e. The van der Waals surface area contributed by atoms with E-state index in [1.165, 1.54) is 0 Å². The van der Waals surface area contributed by atoms with Crippen LogP contribution < -0.4 is 5.32 Å². The van der Waals surface area contributed by atoms with E-state index in [0.29, 0.717) is 23.8 Å². The fourth-order valence-electron chi connectivity index (χ4n) is 2.68. The van der Waals surface area contributed by atoms with Crippen molar-refractivity contribution in [3.05, 3.63) is 54.1 Å². The zero-order chi connectivity index (χ0) is 17.0. The minimum absolute atomic E-state index is 0.395. The highest BCUT2D eigenvalue weighted by molar-refractivity contribution is 7.59. The molecule has 0 aliphatic carbocycles. The van der Waals surface area contributed by atoms with Crippen molar-refractivity contribution in [3.63, 3.8) is 0 Å². The van der Waals surface area contributed by atoms with Crippen LogP contribution in [0.15, 0.2) is 53.2 Å². The third-order valence-electron chi connectivity index (χ3n) is 3.88. The van der Waals surface area contributed by atoms with E-state index in [-0.39, 0.29) is 0 Å². The molecule has 24 heavy (non-hydrogen) atoms. The van der Waals surface area contributed by atoms with E-state index in [9.17, 15) is 4.57 Å². The first-order valence-electron chi connectivity index (χ1n) is 7.94. The second-order valence-electron chi connectivity index (χ2n) is 5.36. The van der Waals surface area contributed by atoms with Crippen molar-refractivity contribution >= 4 is 24.1 Å². The molecule has 0 fully saturated rings. The maximum atomic E-state index is 13.4. The Morgan fingerprint density at radius 1 is 1.12 bits per heavy atom. The quantitative estimate of drug-likeness (QED) is 0.627. The monoisotopic (exact) mass is 345 g/mol. The van der Waals surface area contributed by atoms with Gasteiger partial charge in [-0.1, -0.05) is 43.3 Å². The first kappa shape index (κ1) is 16.7. The van der Waals surface area contributed by atoms with E-state index in [4.69, 9.17) is 9.15 Å². The summed E-state index contributed by atoms with van der Waals surface area (Å²) in [7, 11) is -2.95. The zero-order valence-electron chi connectivity index (χ0n) is 13.7. The molecule has 0 aliphatic heterocycles. The Balaban J connectivity index is 2.05. The van der Waals surface area contributed by atoms with Gasteiger partial charge in [0.05, 0.1) is 12.3 Å². The first-order valence-corrected chi connectivity index (χ1v) is 9.82. The van der Waals surface area contributed by atoms with Crippen molar-refractivity contribution in [3.8, 4) is 0 Å². The number of rotatable bonds is 7. The predicted molar refractivity (Wildman–Crippen MR) is 94.4 cm³/mol. The van der Waals surface area contributed by atoms with Gasteiger partial charge in [-0.05, 0) is 34.9 Å². The summed E-state index contributed by atoms with van der Waals surface area (Å²) in [5, 5.41) is 11.1. The fraction of sp³-hybridized carbons (Fsp3) is 0.294. The number of hydrogen-bond acceptors (Lipinski definition) is 6. The lowest BCUT2D eigenvalue weighted by Gasteiger charge is -2.28. The lowest BCUT2D eigenvalue weighted by molar-refractivity contribution is 0.315. The highest BCUT2D eigenvalue weighted by Crippen LogP contribution is 2.59. The standard InChI is InChI=1S/C17H20N3O3P/c1-3-22-24(21,4-2)17(13-9-6-5-7-10-13)18-14-11-8-12-15-16(14)20-23-19-15/h5-12,17-18H,3-4H2,1-2H3. The van der Waals surface area contributed by atoms with E-state index < -0.39 is 13.2 Å². The Kier molecular flexibility index (Phi) is 4.97. The molecule has 1 N–H and O–H groups in total. The van der Waals surface area contributed by atoms with Crippen LogP contribution in [-0.2, 0) is 9.09 Å². The van der Waals surface area contributed by atoms with Gasteiger partial charge in [-0.2, -0.15) is 0 Å². The molecule has 0 aliphatic rings. The van der Waals surface area contributed by atoms with Crippen LogP contribution >= 0.6 is 7.37 Å². The highest BCUT2D eigenvalue weighted by atomic mass is 31.2. The summed E-state index contributed by atoms with van der Waals surface area (Å²) < 4.78 is 23.9. The van der Waals surface area contributed by atoms with Gasteiger partial charge in [-0.3, -0.25) is 4.57 Å². The molecule has 126 valence electrons. The van der Waals surface area contributed by atoms with E-state index >= 15 is 0 Å². The van der Waals surface area contributed by atoms with Gasteiger partial charge in [-0.15, -0.1) is 0 Å². The summed E-state index contributed by atoms with van der Waals surface area (Å²) >= 11 is 0. The Morgan fingerprint density at radius 3 is 2.62 bits per heavy atom. The highest BCUT2D eigenvalue weighted by Gasteiger charge is 2.34. The number of nitrogens with one attached hydrogen (secondary N) is 1. The normalized spacial score (nSPS) is 15.1. The van der Waals surface area contributed by atoms with Crippen molar-refractivity contribution in [2.45, 2.75) is 19.6 Å². The molecular formula is C17H20N3O3P. The largest absolute Gasteiger partial charge is 0.368 e. The van der Waals surface area contributed by atoms with Crippen LogP contribution in [-0.4, -0.2) is 23.1 Å². The van der Waals surface area contributed by atoms with Gasteiger partial charge >= 0.3 is 0 Å². The molecule has 1 heterocycles. The average molecular weight is 345 g/mol. The molecule has 0 spiro atoms. The molecule has 0 amide bonds. The molecule has 0 radical (unpaired) electrons. The molecular weight excluding hydrogens is 325 g/mol. The number of hydrogen-bond donors (Lipinski definition) is 1. The summed E-state index contributed by atoms with van der Waals surface area (Å²) in [6, 6.07) is 15.2. The van der Waals surface area contributed by atoms with Gasteiger partial charge in [0.2, 0.25) is 7.37 Å². The molecule has 7 heteroatoms. The number of benzene rings is 2. The lowest BCUT2D eigenvalue weighted by atomic mass is 10.2. The predicted octanol–water partition coefficient (Wildman–Crippen LogP) is 4.67. The SMILES string of the molecule is CCOP(=O)(CC)C(Nc1cccc2nonc12)c1ccccc1. The van der Waals surface area contributed by atoms with Crippen molar-refractivity contribution in [1.29, 1.82) is 0 Å². The number of nitrogens with zero attached hydrogens (tertiary/aromatic N) is 2. The maximum Gasteiger partial charge on any atom is 0.228 e. The second-order valence-corrected chi connectivity index (χ2v) is 8.21. The summed E-state index contributed by atoms with van der Waals surface area (Å²) in [4.78, 5) is 0.